The van der Waals surface area contributed by atoms with E-state index in [1.54, 1.807) is 53.5 Å². The van der Waals surface area contributed by atoms with Gasteiger partial charge < -0.3 is 15.0 Å². The van der Waals surface area contributed by atoms with Crippen LogP contribution < -0.4 is 5.32 Å². The van der Waals surface area contributed by atoms with Gasteiger partial charge in [0.15, 0.2) is 5.82 Å². The minimum absolute atomic E-state index is 0.0875. The highest BCUT2D eigenvalue weighted by Crippen LogP contribution is 2.29. The maximum Gasteiger partial charge on any atom is 0.337 e. The van der Waals surface area contributed by atoms with Crippen LogP contribution in [0.2, 0.25) is 0 Å². The summed E-state index contributed by atoms with van der Waals surface area (Å²) in [5.41, 5.74) is 3.72. The number of methoxy groups -OCH3 is 1. The molecular formula is C30H29N5O4. The van der Waals surface area contributed by atoms with Crippen LogP contribution in [0.1, 0.15) is 50.6 Å². The Bertz CT molecular complexity index is 1420. The van der Waals surface area contributed by atoms with E-state index < -0.39 is 0 Å². The third-order valence-electron chi connectivity index (χ3n) is 6.97. The number of esters is 1. The lowest BCUT2D eigenvalue weighted by atomic mass is 9.89. The van der Waals surface area contributed by atoms with Crippen molar-refractivity contribution in [2.24, 2.45) is 0 Å². The Morgan fingerprint density at radius 3 is 2.28 bits per heavy atom. The lowest BCUT2D eigenvalue weighted by Crippen LogP contribution is -2.38. The van der Waals surface area contributed by atoms with Crippen LogP contribution >= 0.6 is 0 Å². The number of benzene rings is 2. The van der Waals surface area contributed by atoms with Crippen molar-refractivity contribution in [1.29, 1.82) is 0 Å². The van der Waals surface area contributed by atoms with E-state index in [0.717, 1.165) is 18.4 Å². The summed E-state index contributed by atoms with van der Waals surface area (Å²) in [4.78, 5) is 43.3. The van der Waals surface area contributed by atoms with Crippen LogP contribution in [0, 0.1) is 0 Å². The van der Waals surface area contributed by atoms with E-state index in [0.29, 0.717) is 48.1 Å². The summed E-state index contributed by atoms with van der Waals surface area (Å²) >= 11 is 0. The molecule has 1 saturated heterocycles. The third kappa shape index (κ3) is 6.20. The van der Waals surface area contributed by atoms with Crippen molar-refractivity contribution >= 4 is 23.5 Å². The molecule has 0 saturated carbocycles. The fourth-order valence-corrected chi connectivity index (χ4v) is 4.73. The number of ether oxygens (including phenoxy) is 1. The van der Waals surface area contributed by atoms with Gasteiger partial charge in [0.25, 0.3) is 5.91 Å². The second kappa shape index (κ2) is 11.7. The van der Waals surface area contributed by atoms with E-state index in [1.165, 1.54) is 18.9 Å². The molecule has 0 spiro atoms. The second-order valence-electron chi connectivity index (χ2n) is 9.45. The first-order valence-electron chi connectivity index (χ1n) is 12.8. The average Bonchev–Trinajstić information content (AvgIpc) is 3.53. The van der Waals surface area contributed by atoms with Crippen molar-refractivity contribution in [3.63, 3.8) is 0 Å². The van der Waals surface area contributed by atoms with Crippen LogP contribution in [0.15, 0.2) is 85.3 Å². The van der Waals surface area contributed by atoms with Crippen molar-refractivity contribution in [3.05, 3.63) is 108 Å². The molecule has 0 bridgehead atoms. The number of likely N-dealkylation sites (tertiary alicyclic amines) is 1. The van der Waals surface area contributed by atoms with Gasteiger partial charge in [0.1, 0.15) is 0 Å². The van der Waals surface area contributed by atoms with Crippen molar-refractivity contribution in [1.82, 2.24) is 19.7 Å². The number of piperidine rings is 1. The van der Waals surface area contributed by atoms with Crippen LogP contribution in [-0.4, -0.2) is 57.6 Å². The fourth-order valence-electron chi connectivity index (χ4n) is 4.73. The standard InChI is InChI=1S/C30H29N5O4/c1-39-30(38)24-5-3-21(4-6-24)19-28(36)34-17-13-23(14-18-34)22-7-10-26(11-8-22)33-29(37)25-9-12-27(31-20-25)35-16-2-15-32-35/h2-12,15-16,20,23H,13-14,17-19H2,1H3,(H,33,37). The minimum atomic E-state index is -0.390. The van der Waals surface area contributed by atoms with Gasteiger partial charge in [-0.2, -0.15) is 5.10 Å². The number of anilines is 1. The minimum Gasteiger partial charge on any atom is -0.465 e. The van der Waals surface area contributed by atoms with Crippen LogP contribution in [-0.2, 0) is 16.0 Å². The van der Waals surface area contributed by atoms with E-state index in [9.17, 15) is 14.4 Å². The highest BCUT2D eigenvalue weighted by Gasteiger charge is 2.24. The van der Waals surface area contributed by atoms with Crippen molar-refractivity contribution < 1.29 is 19.1 Å². The quantitative estimate of drug-likeness (QED) is 0.363. The predicted molar refractivity (Wildman–Crippen MR) is 146 cm³/mol. The molecule has 9 heteroatoms. The van der Waals surface area contributed by atoms with Gasteiger partial charge in [0.2, 0.25) is 5.91 Å². The highest BCUT2D eigenvalue weighted by molar-refractivity contribution is 6.04. The van der Waals surface area contributed by atoms with Gasteiger partial charge in [-0.25, -0.2) is 14.5 Å². The summed E-state index contributed by atoms with van der Waals surface area (Å²) < 4.78 is 6.35. The molecule has 4 aromatic rings. The summed E-state index contributed by atoms with van der Waals surface area (Å²) in [5, 5.41) is 7.06. The molecule has 9 nitrogen and oxygen atoms in total. The number of carbonyl (C=O) groups is 3. The molecule has 0 aliphatic carbocycles. The van der Waals surface area contributed by atoms with Crippen LogP contribution in [0.25, 0.3) is 5.82 Å². The topological polar surface area (TPSA) is 106 Å². The Hall–Kier alpha value is -4.79. The van der Waals surface area contributed by atoms with Crippen LogP contribution in [0.5, 0.6) is 0 Å². The summed E-state index contributed by atoms with van der Waals surface area (Å²) in [6.45, 7) is 1.40. The van der Waals surface area contributed by atoms with Gasteiger partial charge in [0.05, 0.1) is 24.7 Å². The molecule has 1 N–H and O–H groups in total. The Balaban J connectivity index is 1.11. The molecular weight excluding hydrogens is 494 g/mol. The van der Waals surface area contributed by atoms with E-state index in [2.05, 4.69) is 15.4 Å². The predicted octanol–water partition coefficient (Wildman–Crippen LogP) is 4.25. The molecule has 1 aliphatic rings. The van der Waals surface area contributed by atoms with Crippen molar-refractivity contribution in [3.8, 4) is 5.82 Å². The molecule has 1 aliphatic heterocycles. The summed E-state index contributed by atoms with van der Waals surface area (Å²) in [6.07, 6.45) is 7.07. The third-order valence-corrected chi connectivity index (χ3v) is 6.97. The van der Waals surface area contributed by atoms with E-state index >= 15 is 0 Å². The maximum absolute atomic E-state index is 12.8. The maximum atomic E-state index is 12.8. The number of hydrogen-bond donors (Lipinski definition) is 1. The molecule has 2 amide bonds. The summed E-state index contributed by atoms with van der Waals surface area (Å²) in [7, 11) is 1.35. The Morgan fingerprint density at radius 2 is 1.67 bits per heavy atom. The molecule has 5 rings (SSSR count). The van der Waals surface area contributed by atoms with Crippen molar-refractivity contribution in [2.45, 2.75) is 25.2 Å². The zero-order valence-electron chi connectivity index (χ0n) is 21.6. The number of carbonyl (C=O) groups excluding carboxylic acids is 3. The van der Waals surface area contributed by atoms with E-state index in [1.807, 2.05) is 35.2 Å². The number of rotatable bonds is 7. The van der Waals surface area contributed by atoms with Gasteiger partial charge in [-0.1, -0.05) is 24.3 Å². The number of amides is 2. The highest BCUT2D eigenvalue weighted by atomic mass is 16.5. The molecule has 2 aromatic heterocycles. The van der Waals surface area contributed by atoms with E-state index in [-0.39, 0.29) is 17.8 Å². The van der Waals surface area contributed by atoms with Gasteiger partial charge in [-0.15, -0.1) is 0 Å². The first kappa shape index (κ1) is 25.8. The molecule has 1 fully saturated rings. The van der Waals surface area contributed by atoms with Gasteiger partial charge >= 0.3 is 5.97 Å². The smallest absolute Gasteiger partial charge is 0.337 e. The molecule has 3 heterocycles. The lowest BCUT2D eigenvalue weighted by molar-refractivity contribution is -0.131. The SMILES string of the molecule is COC(=O)c1ccc(CC(=O)N2CCC(c3ccc(NC(=O)c4ccc(-n5cccn5)nc4)cc3)CC2)cc1. The molecule has 198 valence electrons. The molecule has 0 radical (unpaired) electrons. The molecule has 39 heavy (non-hydrogen) atoms. The number of hydrogen-bond acceptors (Lipinski definition) is 6. The van der Waals surface area contributed by atoms with Crippen LogP contribution in [0.3, 0.4) is 0 Å². The van der Waals surface area contributed by atoms with Gasteiger partial charge in [-0.3, -0.25) is 9.59 Å². The molecule has 2 aromatic carbocycles. The number of nitrogens with zero attached hydrogens (tertiary/aromatic N) is 4. The Labute approximate surface area is 226 Å². The Morgan fingerprint density at radius 1 is 0.949 bits per heavy atom. The monoisotopic (exact) mass is 523 g/mol. The summed E-state index contributed by atoms with van der Waals surface area (Å²) in [5.74, 6) is 0.470. The number of pyridine rings is 1. The fraction of sp³-hybridized carbons (Fsp3) is 0.233. The van der Waals surface area contributed by atoms with Crippen LogP contribution in [0.4, 0.5) is 5.69 Å². The number of nitrogens with one attached hydrogen (secondary N) is 1. The lowest BCUT2D eigenvalue weighted by Gasteiger charge is -2.32. The molecule has 0 atom stereocenters. The zero-order chi connectivity index (χ0) is 27.2. The normalized spacial score (nSPS) is 13.6. The first-order valence-corrected chi connectivity index (χ1v) is 12.8. The largest absolute Gasteiger partial charge is 0.465 e. The first-order chi connectivity index (χ1) is 19.0. The van der Waals surface area contributed by atoms with Crippen molar-refractivity contribution in [2.75, 3.05) is 25.5 Å². The molecule has 0 unspecified atom stereocenters. The summed E-state index contributed by atoms with van der Waals surface area (Å²) in [6, 6.07) is 20.1. The van der Waals surface area contributed by atoms with E-state index in [4.69, 9.17) is 4.74 Å². The Kier molecular flexibility index (Phi) is 7.77. The number of aromatic nitrogens is 3. The zero-order valence-corrected chi connectivity index (χ0v) is 21.6. The average molecular weight is 524 g/mol. The second-order valence-corrected chi connectivity index (χ2v) is 9.45. The van der Waals surface area contributed by atoms with Gasteiger partial charge in [-0.05, 0) is 72.4 Å². The van der Waals surface area contributed by atoms with Gasteiger partial charge in [0, 0.05) is 37.4 Å².